The van der Waals surface area contributed by atoms with Crippen LogP contribution in [0.3, 0.4) is 0 Å². The van der Waals surface area contributed by atoms with Crippen LogP contribution < -0.4 is 31.3 Å². The Morgan fingerprint density at radius 3 is 1.36 bits per heavy atom. The van der Waals surface area contributed by atoms with Crippen molar-refractivity contribution in [1.82, 2.24) is 39.5 Å². The number of anilines is 6. The second kappa shape index (κ2) is 24.4. The summed E-state index contributed by atoms with van der Waals surface area (Å²) in [6.45, 7) is 16.7. The highest BCUT2D eigenvalue weighted by Crippen LogP contribution is 2.37. The number of rotatable bonds is 12. The molecule has 6 aromatic heterocycles. The van der Waals surface area contributed by atoms with Gasteiger partial charge in [-0.25, -0.2) is 28.9 Å². The van der Waals surface area contributed by atoms with Crippen molar-refractivity contribution in [2.45, 2.75) is 66.2 Å². The van der Waals surface area contributed by atoms with Gasteiger partial charge in [0.25, 0.3) is 0 Å². The van der Waals surface area contributed by atoms with Crippen LogP contribution in [0.25, 0.3) is 55.2 Å². The van der Waals surface area contributed by atoms with Crippen molar-refractivity contribution in [1.29, 1.82) is 0 Å². The minimum absolute atomic E-state index is 0.184. The highest BCUT2D eigenvalue weighted by atomic mass is 16.5. The molecule has 12 aromatic rings. The number of nitrogens with zero attached hydrogens (tertiary/aromatic N) is 8. The minimum Gasteiger partial charge on any atom is -0.437 e. The van der Waals surface area contributed by atoms with Gasteiger partial charge < -0.3 is 20.7 Å². The van der Waals surface area contributed by atoms with E-state index in [-0.39, 0.29) is 22.9 Å². The predicted octanol–water partition coefficient (Wildman–Crippen LogP) is 17.0. The summed E-state index contributed by atoms with van der Waals surface area (Å²) in [5.74, 6) is 3.02. The third kappa shape index (κ3) is 13.2. The molecule has 0 aliphatic heterocycles. The van der Waals surface area contributed by atoms with Gasteiger partial charge in [0.1, 0.15) is 23.2 Å². The van der Waals surface area contributed by atoms with Crippen LogP contribution in [0, 0.1) is 13.8 Å². The smallest absolute Gasteiger partial charge is 0.324 e. The summed E-state index contributed by atoms with van der Waals surface area (Å²) >= 11 is 0. The second-order valence-electron chi connectivity index (χ2n) is 22.9. The molecule has 5 N–H and O–H groups in total. The summed E-state index contributed by atoms with van der Waals surface area (Å²) in [6.07, 6.45) is 10.5. The quantitative estimate of drug-likeness (QED) is 0.0787. The highest BCUT2D eigenvalue weighted by Gasteiger charge is 2.24. The third-order valence-corrected chi connectivity index (χ3v) is 14.3. The fourth-order valence-corrected chi connectivity index (χ4v) is 9.64. The van der Waals surface area contributed by atoms with E-state index in [1.165, 1.54) is 0 Å². The maximum atomic E-state index is 13.4. The molecule has 428 valence electrons. The summed E-state index contributed by atoms with van der Waals surface area (Å²) < 4.78 is 9.35. The Hall–Kier alpha value is -11.0. The van der Waals surface area contributed by atoms with E-state index in [1.54, 1.807) is 40.3 Å². The van der Waals surface area contributed by atoms with Gasteiger partial charge in [0.05, 0.1) is 52.2 Å². The second-order valence-corrected chi connectivity index (χ2v) is 22.9. The topological polar surface area (TPSA) is 191 Å². The number of aryl methyl sites for hydroxylation is 2. The first-order chi connectivity index (χ1) is 41.5. The lowest BCUT2D eigenvalue weighted by Crippen LogP contribution is -2.21. The largest absolute Gasteiger partial charge is 0.437 e. The van der Waals surface area contributed by atoms with E-state index in [1.807, 2.05) is 196 Å². The lowest BCUT2D eigenvalue weighted by atomic mass is 9.92. The maximum absolute atomic E-state index is 13.4. The summed E-state index contributed by atoms with van der Waals surface area (Å²) in [6, 6.07) is 58.4. The summed E-state index contributed by atoms with van der Waals surface area (Å²) in [5, 5.41) is 28.9. The number of hydrogen-bond acceptors (Lipinski definition) is 10. The van der Waals surface area contributed by atoms with E-state index in [2.05, 4.69) is 94.1 Å². The van der Waals surface area contributed by atoms with Gasteiger partial charge in [0.2, 0.25) is 5.88 Å². The molecule has 0 saturated carbocycles. The summed E-state index contributed by atoms with van der Waals surface area (Å²) in [4.78, 5) is 44.1. The first-order valence-corrected chi connectivity index (χ1v) is 28.2. The Morgan fingerprint density at radius 2 is 0.930 bits per heavy atom. The molecule has 0 unspecified atom stereocenters. The molecule has 16 heteroatoms. The first kappa shape index (κ1) is 56.8. The van der Waals surface area contributed by atoms with Crippen LogP contribution in [0.4, 0.5) is 44.1 Å². The molecule has 12 rings (SSSR count). The zero-order chi connectivity index (χ0) is 60.0. The van der Waals surface area contributed by atoms with Crippen molar-refractivity contribution in [2.75, 3.05) is 26.6 Å². The Labute approximate surface area is 499 Å². The van der Waals surface area contributed by atoms with Crippen LogP contribution in [0.5, 0.6) is 11.6 Å². The predicted molar refractivity (Wildman–Crippen MR) is 345 cm³/mol. The van der Waals surface area contributed by atoms with Gasteiger partial charge in [0, 0.05) is 75.7 Å². The van der Waals surface area contributed by atoms with Crippen molar-refractivity contribution < 1.29 is 14.3 Å². The van der Waals surface area contributed by atoms with E-state index < -0.39 is 0 Å². The van der Waals surface area contributed by atoms with Crippen LogP contribution >= 0.6 is 0 Å². The number of urea groups is 2. The van der Waals surface area contributed by atoms with E-state index in [4.69, 9.17) is 14.9 Å². The standard InChI is InChI=1S/C35H33N7O.C35H32N6O2/c1-23-11-14-26(15-12-23)42-33(20-31(41-42)35(2,3)4)40-34(43)39-30-17-16-27(28-9-5-6-10-29(28)30)24-13-18-32(37-21-24)38-25-8-7-19-36-22-25;1-23-11-14-25(15-12-23)41-32(20-31(40-41)35(2,3)4)39-34(42)38-30-17-16-27(28-9-5-6-10-29(28)30)24-13-18-33(37-21-24)43-26-8-7-19-36-22-26/h5-22H,1-4H3,(H,37,38)(H2,39,40,43);5-22H,1-4H3,(H2,38,39,42). The molecular formula is C70H65N13O3. The number of benzene rings is 6. The number of carbonyl (C=O) groups is 2. The number of carbonyl (C=O) groups excluding carboxylic acids is 2. The molecule has 0 fully saturated rings. The number of ether oxygens (including phenoxy) is 1. The summed E-state index contributed by atoms with van der Waals surface area (Å²) in [7, 11) is 0. The molecule has 6 heterocycles. The SMILES string of the molecule is Cc1ccc(-n2nc(C(C)(C)C)cc2NC(=O)Nc2ccc(-c3ccc(Nc4cccnc4)nc3)c3ccccc23)cc1.Cc1ccc(-n2nc(C(C)(C)C)cc2NC(=O)Nc2ccc(-c3ccc(Oc4cccnc4)nc3)c3ccccc23)cc1. The lowest BCUT2D eigenvalue weighted by Gasteiger charge is -2.14. The normalized spacial score (nSPS) is 11.3. The Morgan fingerprint density at radius 1 is 0.453 bits per heavy atom. The monoisotopic (exact) mass is 1140 g/mol. The third-order valence-electron chi connectivity index (χ3n) is 14.3. The zero-order valence-electron chi connectivity index (χ0n) is 49.1. The number of fused-ring (bicyclic) bond motifs is 2. The fourth-order valence-electron chi connectivity index (χ4n) is 9.64. The van der Waals surface area contributed by atoms with Crippen molar-refractivity contribution in [3.8, 4) is 45.3 Å². The molecule has 16 nitrogen and oxygen atoms in total. The van der Waals surface area contributed by atoms with Gasteiger partial charge in [0.15, 0.2) is 0 Å². The minimum atomic E-state index is -0.356. The van der Waals surface area contributed by atoms with Crippen molar-refractivity contribution in [3.63, 3.8) is 0 Å². The average molecular weight is 1140 g/mol. The number of nitrogens with one attached hydrogen (secondary N) is 5. The van der Waals surface area contributed by atoms with Crippen LogP contribution in [0.15, 0.2) is 219 Å². The molecule has 0 radical (unpaired) electrons. The highest BCUT2D eigenvalue weighted by molar-refractivity contribution is 6.11. The first-order valence-electron chi connectivity index (χ1n) is 28.2. The Balaban J connectivity index is 0.000000179. The Kier molecular flexibility index (Phi) is 16.2. The summed E-state index contributed by atoms with van der Waals surface area (Å²) in [5.41, 5.74) is 11.6. The van der Waals surface area contributed by atoms with Gasteiger partial charge in [-0.2, -0.15) is 10.2 Å². The molecule has 0 aliphatic carbocycles. The molecule has 0 atom stereocenters. The average Bonchev–Trinajstić information content (AvgIpc) is 1.44. The molecule has 0 saturated heterocycles. The van der Waals surface area contributed by atoms with Crippen molar-refractivity contribution in [3.05, 3.63) is 242 Å². The molecule has 6 aromatic carbocycles. The molecule has 4 amide bonds. The maximum Gasteiger partial charge on any atom is 0.324 e. The van der Waals surface area contributed by atoms with Crippen LogP contribution in [-0.4, -0.2) is 51.6 Å². The van der Waals surface area contributed by atoms with Crippen LogP contribution in [0.1, 0.15) is 64.1 Å². The van der Waals surface area contributed by atoms with E-state index in [0.717, 1.165) is 89.2 Å². The Bertz CT molecular complexity index is 4060. The van der Waals surface area contributed by atoms with Gasteiger partial charge in [-0.3, -0.25) is 20.6 Å². The number of aromatic nitrogens is 8. The zero-order valence-corrected chi connectivity index (χ0v) is 49.1. The van der Waals surface area contributed by atoms with Crippen LogP contribution in [-0.2, 0) is 10.8 Å². The number of amides is 4. The number of pyridine rings is 4. The lowest BCUT2D eigenvalue weighted by molar-refractivity contribution is 0.261. The fraction of sp³-hybridized carbons (Fsp3) is 0.143. The molecule has 0 bridgehead atoms. The van der Waals surface area contributed by atoms with Gasteiger partial charge in [-0.05, 0) is 115 Å². The van der Waals surface area contributed by atoms with E-state index >= 15 is 0 Å². The molecule has 0 spiro atoms. The van der Waals surface area contributed by atoms with Crippen molar-refractivity contribution >= 4 is 68.1 Å². The molecule has 0 aliphatic rings. The van der Waals surface area contributed by atoms with Crippen LogP contribution in [0.2, 0.25) is 0 Å². The van der Waals surface area contributed by atoms with Gasteiger partial charge in [-0.1, -0.05) is 138 Å². The van der Waals surface area contributed by atoms with Gasteiger partial charge in [-0.15, -0.1) is 0 Å². The van der Waals surface area contributed by atoms with E-state index in [9.17, 15) is 9.59 Å². The molecule has 86 heavy (non-hydrogen) atoms. The van der Waals surface area contributed by atoms with Gasteiger partial charge >= 0.3 is 12.1 Å². The van der Waals surface area contributed by atoms with Crippen molar-refractivity contribution in [2.24, 2.45) is 0 Å². The molecular weight excluding hydrogens is 1070 g/mol. The van der Waals surface area contributed by atoms with E-state index in [0.29, 0.717) is 34.6 Å². The number of hydrogen-bond donors (Lipinski definition) is 5.